The maximum absolute atomic E-state index is 13.9. The predicted molar refractivity (Wildman–Crippen MR) is 148 cm³/mol. The van der Waals surface area contributed by atoms with E-state index in [2.05, 4.69) is 39.8 Å². The van der Waals surface area contributed by atoms with Crippen LogP contribution in [-0.2, 0) is 28.5 Å². The summed E-state index contributed by atoms with van der Waals surface area (Å²) >= 11 is 0. The number of carbonyl (C=O) groups is 1. The molecule has 1 spiro atoms. The van der Waals surface area contributed by atoms with Gasteiger partial charge in [0.25, 0.3) is 0 Å². The standard InChI is InChI=1S/C32H46O7/c1-19-8-7-9-24-18-36-29-28(35-6)22(4)15-27(32(24,29)34)30(33)37-26-16-25(11-10-20(2)14-19)39-31(17-26)13-12-21(3)23(5)38-31/h7-10,15,19,21,23,25-29,34H,11-14,16-18H2,1-6H3/b8-7+,20-10+,24-9+/t19-,21-,23+,25+,26-,27-,28+,29+,31-,32+/m0/s1. The van der Waals surface area contributed by atoms with E-state index in [9.17, 15) is 9.90 Å². The van der Waals surface area contributed by atoms with Crippen LogP contribution in [0.3, 0.4) is 0 Å². The molecule has 3 saturated heterocycles. The lowest BCUT2D eigenvalue weighted by molar-refractivity contribution is -0.332. The van der Waals surface area contributed by atoms with Crippen molar-refractivity contribution in [3.63, 3.8) is 0 Å². The molecule has 0 aromatic rings. The number of fused-ring (bicyclic) bond motifs is 2. The Labute approximate surface area is 233 Å². The average Bonchev–Trinajstić information content (AvgIpc) is 3.21. The van der Waals surface area contributed by atoms with E-state index >= 15 is 0 Å². The van der Waals surface area contributed by atoms with E-state index in [1.807, 2.05) is 25.2 Å². The van der Waals surface area contributed by atoms with Gasteiger partial charge in [-0.25, -0.2) is 0 Å². The number of rotatable bonds is 1. The molecule has 5 aliphatic rings. The first-order chi connectivity index (χ1) is 18.5. The molecule has 0 amide bonds. The van der Waals surface area contributed by atoms with E-state index in [4.69, 9.17) is 23.7 Å². The Kier molecular flexibility index (Phi) is 8.29. The maximum atomic E-state index is 13.9. The second kappa shape index (κ2) is 11.2. The van der Waals surface area contributed by atoms with E-state index in [1.54, 1.807) is 7.11 Å². The molecule has 7 nitrogen and oxygen atoms in total. The van der Waals surface area contributed by atoms with Crippen molar-refractivity contribution in [3.8, 4) is 0 Å². The van der Waals surface area contributed by atoms with Gasteiger partial charge in [-0.1, -0.05) is 49.8 Å². The second-order valence-corrected chi connectivity index (χ2v) is 12.6. The van der Waals surface area contributed by atoms with Crippen molar-refractivity contribution in [1.29, 1.82) is 0 Å². The Morgan fingerprint density at radius 2 is 1.92 bits per heavy atom. The average molecular weight is 543 g/mol. The number of hydrogen-bond acceptors (Lipinski definition) is 7. The number of ether oxygens (including phenoxy) is 5. The zero-order chi connectivity index (χ0) is 27.9. The smallest absolute Gasteiger partial charge is 0.316 e. The van der Waals surface area contributed by atoms with Gasteiger partial charge in [0.2, 0.25) is 0 Å². The summed E-state index contributed by atoms with van der Waals surface area (Å²) in [7, 11) is 1.61. The first-order valence-corrected chi connectivity index (χ1v) is 14.7. The fraction of sp³-hybridized carbons (Fsp3) is 0.719. The summed E-state index contributed by atoms with van der Waals surface area (Å²) in [6, 6.07) is 0. The summed E-state index contributed by atoms with van der Waals surface area (Å²) in [4.78, 5) is 13.9. The summed E-state index contributed by atoms with van der Waals surface area (Å²) in [6.45, 7) is 10.8. The quantitative estimate of drug-likeness (QED) is 0.361. The van der Waals surface area contributed by atoms with Gasteiger partial charge in [0.15, 0.2) is 5.79 Å². The van der Waals surface area contributed by atoms with E-state index in [1.165, 1.54) is 5.57 Å². The minimum absolute atomic E-state index is 0.0660. The van der Waals surface area contributed by atoms with Crippen molar-refractivity contribution in [3.05, 3.63) is 47.1 Å². The molecule has 0 aromatic heterocycles. The number of carbonyl (C=O) groups excluding carboxylic acids is 1. The number of esters is 1. The van der Waals surface area contributed by atoms with Crippen molar-refractivity contribution >= 4 is 5.97 Å². The van der Waals surface area contributed by atoms with Crippen molar-refractivity contribution in [2.45, 2.75) is 115 Å². The Morgan fingerprint density at radius 3 is 2.67 bits per heavy atom. The van der Waals surface area contributed by atoms with Gasteiger partial charge >= 0.3 is 5.97 Å². The molecule has 5 rings (SSSR count). The summed E-state index contributed by atoms with van der Waals surface area (Å²) in [6.07, 6.45) is 13.1. The van der Waals surface area contributed by atoms with Crippen molar-refractivity contribution in [2.75, 3.05) is 13.7 Å². The van der Waals surface area contributed by atoms with Gasteiger partial charge in [-0.3, -0.25) is 4.79 Å². The van der Waals surface area contributed by atoms with Crippen LogP contribution >= 0.6 is 0 Å². The molecule has 0 unspecified atom stereocenters. The van der Waals surface area contributed by atoms with Crippen LogP contribution in [0.5, 0.6) is 0 Å². The minimum Gasteiger partial charge on any atom is -0.462 e. The largest absolute Gasteiger partial charge is 0.462 e. The molecule has 4 heterocycles. The SMILES string of the molecule is CO[C@@H]1C(C)=C[C@H]2C(=O)O[C@H]3C[C@@H](C/C=C(\C)C[C@@H](C)/C=C/C=C4\CO[C@H]1[C@@]42O)O[C@@]1(CC[C@H](C)[C@@H](C)O1)C3. The van der Waals surface area contributed by atoms with Gasteiger partial charge in [0, 0.05) is 26.4 Å². The van der Waals surface area contributed by atoms with Crippen LogP contribution < -0.4 is 0 Å². The third-order valence-corrected chi connectivity index (χ3v) is 9.52. The molecular formula is C32H46O7. The molecule has 1 N–H and O–H groups in total. The molecule has 10 atom stereocenters. The minimum atomic E-state index is -1.55. The lowest BCUT2D eigenvalue weighted by atomic mass is 9.70. The third-order valence-electron chi connectivity index (χ3n) is 9.52. The van der Waals surface area contributed by atoms with Crippen LogP contribution in [0.2, 0.25) is 0 Å². The number of aliphatic hydroxyl groups is 1. The summed E-state index contributed by atoms with van der Waals surface area (Å²) in [5, 5.41) is 12.2. The van der Waals surface area contributed by atoms with Gasteiger partial charge in [-0.15, -0.1) is 0 Å². The highest BCUT2D eigenvalue weighted by atomic mass is 16.7. The molecule has 1 aliphatic carbocycles. The zero-order valence-electron chi connectivity index (χ0n) is 24.4. The van der Waals surface area contributed by atoms with Crippen LogP contribution in [0.1, 0.15) is 73.1 Å². The maximum Gasteiger partial charge on any atom is 0.316 e. The van der Waals surface area contributed by atoms with E-state index in [-0.39, 0.29) is 24.9 Å². The Bertz CT molecular complexity index is 1060. The second-order valence-electron chi connectivity index (χ2n) is 12.6. The molecule has 3 fully saturated rings. The van der Waals surface area contributed by atoms with Gasteiger partial charge in [-0.05, 0) is 63.0 Å². The van der Waals surface area contributed by atoms with Crippen LogP contribution in [0.25, 0.3) is 0 Å². The molecular weight excluding hydrogens is 496 g/mol. The molecule has 0 aromatic carbocycles. The first-order valence-electron chi connectivity index (χ1n) is 14.7. The van der Waals surface area contributed by atoms with Gasteiger partial charge < -0.3 is 28.8 Å². The first kappa shape index (κ1) is 28.7. The third kappa shape index (κ3) is 5.58. The molecule has 2 bridgehead atoms. The molecule has 0 saturated carbocycles. The highest BCUT2D eigenvalue weighted by Crippen LogP contribution is 2.47. The van der Waals surface area contributed by atoms with Crippen molar-refractivity contribution in [1.82, 2.24) is 0 Å². The zero-order valence-corrected chi connectivity index (χ0v) is 24.4. The lowest BCUT2D eigenvalue weighted by Gasteiger charge is -2.49. The highest BCUT2D eigenvalue weighted by molar-refractivity contribution is 5.78. The van der Waals surface area contributed by atoms with Gasteiger partial charge in [0.1, 0.15) is 29.8 Å². The summed E-state index contributed by atoms with van der Waals surface area (Å²) in [5.74, 6) is -1.33. The Morgan fingerprint density at radius 1 is 1.13 bits per heavy atom. The monoisotopic (exact) mass is 542 g/mol. The Balaban J connectivity index is 1.52. The molecule has 216 valence electrons. The van der Waals surface area contributed by atoms with E-state index in [0.29, 0.717) is 30.3 Å². The van der Waals surface area contributed by atoms with Crippen LogP contribution in [-0.4, -0.2) is 66.7 Å². The van der Waals surface area contributed by atoms with Crippen LogP contribution in [0.15, 0.2) is 47.1 Å². The van der Waals surface area contributed by atoms with Crippen molar-refractivity contribution in [2.24, 2.45) is 17.8 Å². The fourth-order valence-corrected chi connectivity index (χ4v) is 7.14. The van der Waals surface area contributed by atoms with Crippen molar-refractivity contribution < 1.29 is 33.6 Å². The summed E-state index contributed by atoms with van der Waals surface area (Å²) in [5.41, 5.74) is 1.27. The van der Waals surface area contributed by atoms with Crippen LogP contribution in [0, 0.1) is 17.8 Å². The predicted octanol–water partition coefficient (Wildman–Crippen LogP) is 5.19. The van der Waals surface area contributed by atoms with Crippen LogP contribution in [0.4, 0.5) is 0 Å². The number of methoxy groups -OCH3 is 1. The molecule has 7 heteroatoms. The van der Waals surface area contributed by atoms with Gasteiger partial charge in [-0.2, -0.15) is 0 Å². The van der Waals surface area contributed by atoms with E-state index in [0.717, 1.165) is 31.3 Å². The lowest BCUT2D eigenvalue weighted by Crippen LogP contribution is -2.58. The topological polar surface area (TPSA) is 83.5 Å². The number of hydrogen-bond donors (Lipinski definition) is 1. The van der Waals surface area contributed by atoms with Gasteiger partial charge in [0.05, 0.1) is 18.8 Å². The molecule has 0 radical (unpaired) electrons. The highest BCUT2D eigenvalue weighted by Gasteiger charge is 2.60. The summed E-state index contributed by atoms with van der Waals surface area (Å²) < 4.78 is 31.3. The number of allylic oxidation sites excluding steroid dienone is 4. The Hall–Kier alpha value is -1.77. The molecule has 39 heavy (non-hydrogen) atoms. The fourth-order valence-electron chi connectivity index (χ4n) is 7.14. The normalized spacial score (nSPS) is 48.7. The molecule has 4 aliphatic heterocycles. The van der Waals surface area contributed by atoms with E-state index < -0.39 is 35.5 Å².